The van der Waals surface area contributed by atoms with Crippen LogP contribution in [0.1, 0.15) is 0 Å². The summed E-state index contributed by atoms with van der Waals surface area (Å²) >= 11 is 1.98. The molecule has 1 aliphatic heterocycles. The zero-order valence-corrected chi connectivity index (χ0v) is 6.00. The molecule has 0 spiro atoms. The molecule has 0 amide bonds. The number of carboxylic acid groups (broad SMARTS) is 1. The first-order chi connectivity index (χ1) is 4.20. The van der Waals surface area contributed by atoms with Crippen molar-refractivity contribution in [3.8, 4) is 0 Å². The molecule has 0 aromatic rings. The summed E-state index contributed by atoms with van der Waals surface area (Å²) in [7, 11) is 0. The van der Waals surface area contributed by atoms with E-state index in [2.05, 4.69) is 0 Å². The van der Waals surface area contributed by atoms with Gasteiger partial charge < -0.3 is 5.11 Å². The van der Waals surface area contributed by atoms with Gasteiger partial charge in [0.2, 0.25) is 4.45 Å². The lowest BCUT2D eigenvalue weighted by molar-refractivity contribution is -0.135. The Kier molecular flexibility index (Phi) is 2.02. The lowest BCUT2D eigenvalue weighted by atomic mass is 10.5. The molecular weight excluding hydrogens is 160 g/mol. The van der Waals surface area contributed by atoms with Gasteiger partial charge in [0.1, 0.15) is 5.25 Å². The molecule has 1 fully saturated rings. The van der Waals surface area contributed by atoms with Crippen molar-refractivity contribution in [1.82, 2.24) is 0 Å². The summed E-state index contributed by atoms with van der Waals surface area (Å²) < 4.78 is -0.0811. The van der Waals surface area contributed by atoms with Gasteiger partial charge in [-0.3, -0.25) is 9.59 Å². The lowest BCUT2D eigenvalue weighted by Gasteiger charge is -1.94. The highest BCUT2D eigenvalue weighted by Crippen LogP contribution is 2.32. The molecule has 9 heavy (non-hydrogen) atoms. The fourth-order valence-corrected chi connectivity index (χ4v) is 2.51. The number of rotatable bonds is 1. The molecule has 1 N–H and O–H groups in total. The Bertz CT molecular complexity index is 156. The van der Waals surface area contributed by atoms with Gasteiger partial charge in [-0.2, -0.15) is 0 Å². The van der Waals surface area contributed by atoms with Crippen molar-refractivity contribution >= 4 is 33.9 Å². The monoisotopic (exact) mass is 164 g/mol. The maximum absolute atomic E-state index is 10.4. The van der Waals surface area contributed by atoms with Gasteiger partial charge in [0, 0.05) is 5.75 Å². The highest BCUT2D eigenvalue weighted by Gasteiger charge is 2.29. The van der Waals surface area contributed by atoms with Crippen molar-refractivity contribution in [2.75, 3.05) is 5.75 Å². The highest BCUT2D eigenvalue weighted by atomic mass is 32.2. The first kappa shape index (κ1) is 6.95. The number of carbonyl (C=O) groups excluding carboxylic acids is 1. The van der Waals surface area contributed by atoms with E-state index in [1.807, 2.05) is 0 Å². The largest absolute Gasteiger partial charge is 0.480 e. The molecule has 50 valence electrons. The fraction of sp³-hybridized carbons (Fsp3) is 0.500. The van der Waals surface area contributed by atoms with E-state index in [0.717, 1.165) is 23.5 Å². The first-order valence-electron chi connectivity index (χ1n) is 2.26. The van der Waals surface area contributed by atoms with Crippen LogP contribution in [0.5, 0.6) is 0 Å². The van der Waals surface area contributed by atoms with Crippen LogP contribution in [-0.4, -0.2) is 26.5 Å². The van der Waals surface area contributed by atoms with Gasteiger partial charge in [-0.05, 0) is 0 Å². The summed E-state index contributed by atoms with van der Waals surface area (Å²) in [4.78, 5) is 20.6. The zero-order chi connectivity index (χ0) is 6.85. The molecule has 0 saturated carbocycles. The number of hydrogen-bond donors (Lipinski definition) is 1. The summed E-state index contributed by atoms with van der Waals surface area (Å²) in [6.07, 6.45) is 0. The minimum atomic E-state index is -0.890. The van der Waals surface area contributed by atoms with Crippen LogP contribution >= 0.6 is 23.5 Å². The highest BCUT2D eigenvalue weighted by molar-refractivity contribution is 8.41. The van der Waals surface area contributed by atoms with Crippen LogP contribution in [0.25, 0.3) is 0 Å². The third kappa shape index (κ3) is 1.62. The van der Waals surface area contributed by atoms with Crippen molar-refractivity contribution in [3.05, 3.63) is 0 Å². The van der Waals surface area contributed by atoms with E-state index in [1.165, 1.54) is 0 Å². The molecule has 1 atom stereocenters. The minimum Gasteiger partial charge on any atom is -0.480 e. The maximum atomic E-state index is 10.4. The Morgan fingerprint density at radius 3 is 2.67 bits per heavy atom. The van der Waals surface area contributed by atoms with E-state index in [4.69, 9.17) is 5.11 Å². The first-order valence-corrected chi connectivity index (χ1v) is 4.13. The van der Waals surface area contributed by atoms with E-state index in [1.54, 1.807) is 0 Å². The smallest absolute Gasteiger partial charge is 0.317 e. The minimum absolute atomic E-state index is 0.0811. The molecule has 1 heterocycles. The van der Waals surface area contributed by atoms with Crippen LogP contribution in [0.4, 0.5) is 4.79 Å². The summed E-state index contributed by atoms with van der Waals surface area (Å²) in [5.41, 5.74) is 0. The van der Waals surface area contributed by atoms with E-state index in [0.29, 0.717) is 5.75 Å². The molecule has 3 nitrogen and oxygen atoms in total. The second kappa shape index (κ2) is 2.62. The van der Waals surface area contributed by atoms with Gasteiger partial charge in [-0.1, -0.05) is 23.5 Å². The molecule has 1 saturated heterocycles. The van der Waals surface area contributed by atoms with Crippen LogP contribution in [0.15, 0.2) is 0 Å². The van der Waals surface area contributed by atoms with Gasteiger partial charge in [0.25, 0.3) is 0 Å². The van der Waals surface area contributed by atoms with Gasteiger partial charge in [-0.15, -0.1) is 0 Å². The second-order valence-electron chi connectivity index (χ2n) is 1.51. The number of thioether (sulfide) groups is 2. The normalized spacial score (nSPS) is 26.7. The van der Waals surface area contributed by atoms with Crippen molar-refractivity contribution in [2.45, 2.75) is 5.25 Å². The molecule has 0 aromatic heterocycles. The Morgan fingerprint density at radius 2 is 2.44 bits per heavy atom. The number of aliphatic carboxylic acids is 1. The zero-order valence-electron chi connectivity index (χ0n) is 4.36. The summed E-state index contributed by atoms with van der Waals surface area (Å²) in [6.45, 7) is 0. The van der Waals surface area contributed by atoms with Gasteiger partial charge in [0.05, 0.1) is 0 Å². The number of carboxylic acids is 1. The third-order valence-electron chi connectivity index (χ3n) is 0.866. The third-order valence-corrected chi connectivity index (χ3v) is 3.30. The molecule has 0 aromatic carbocycles. The molecule has 1 aliphatic rings. The molecular formula is C4H4O3S2. The predicted molar refractivity (Wildman–Crippen MR) is 36.9 cm³/mol. The van der Waals surface area contributed by atoms with Crippen LogP contribution in [-0.2, 0) is 4.79 Å². The van der Waals surface area contributed by atoms with Crippen LogP contribution in [0.3, 0.4) is 0 Å². The molecule has 0 radical (unpaired) electrons. The van der Waals surface area contributed by atoms with Gasteiger partial charge in [0.15, 0.2) is 0 Å². The van der Waals surface area contributed by atoms with Crippen molar-refractivity contribution < 1.29 is 14.7 Å². The topological polar surface area (TPSA) is 54.4 Å². The Labute approximate surface area is 60.2 Å². The molecule has 0 unspecified atom stereocenters. The average Bonchev–Trinajstić information content (AvgIpc) is 2.14. The molecule has 0 aliphatic carbocycles. The van der Waals surface area contributed by atoms with Gasteiger partial charge >= 0.3 is 5.97 Å². The van der Waals surface area contributed by atoms with Crippen molar-refractivity contribution in [1.29, 1.82) is 0 Å². The quantitative estimate of drug-likeness (QED) is 0.627. The van der Waals surface area contributed by atoms with Crippen LogP contribution in [0.2, 0.25) is 0 Å². The number of carbonyl (C=O) groups is 2. The molecule has 1 rings (SSSR count). The summed E-state index contributed by atoms with van der Waals surface area (Å²) in [6, 6.07) is 0. The maximum Gasteiger partial charge on any atom is 0.317 e. The SMILES string of the molecule is O=C1SC[C@H](C(=O)O)S1. The van der Waals surface area contributed by atoms with E-state index in [9.17, 15) is 9.59 Å². The Morgan fingerprint density at radius 1 is 1.78 bits per heavy atom. The Balaban J connectivity index is 2.48. The lowest BCUT2D eigenvalue weighted by Crippen LogP contribution is -2.14. The van der Waals surface area contributed by atoms with E-state index >= 15 is 0 Å². The van der Waals surface area contributed by atoms with Crippen molar-refractivity contribution in [3.63, 3.8) is 0 Å². The van der Waals surface area contributed by atoms with E-state index in [-0.39, 0.29) is 4.45 Å². The summed E-state index contributed by atoms with van der Waals surface area (Å²) in [5, 5.41) is 7.83. The molecule has 5 heteroatoms. The fourth-order valence-electron chi connectivity index (χ4n) is 0.450. The second-order valence-corrected chi connectivity index (χ2v) is 3.93. The average molecular weight is 164 g/mol. The van der Waals surface area contributed by atoms with Crippen molar-refractivity contribution in [2.24, 2.45) is 0 Å². The summed E-state index contributed by atoms with van der Waals surface area (Å²) in [5.74, 6) is -0.475. The number of hydrogen-bond acceptors (Lipinski definition) is 4. The predicted octanol–water partition coefficient (Wildman–Crippen LogP) is 1.04. The van der Waals surface area contributed by atoms with Crippen LogP contribution < -0.4 is 0 Å². The van der Waals surface area contributed by atoms with Gasteiger partial charge in [-0.25, -0.2) is 0 Å². The molecule has 0 bridgehead atoms. The Hall–Kier alpha value is -0.160. The standard InChI is InChI=1S/C4H4O3S2/c5-3(6)2-1-8-4(7)9-2/h2H,1H2,(H,5,6)/t2-/m1/s1. The van der Waals surface area contributed by atoms with E-state index < -0.39 is 11.2 Å². The van der Waals surface area contributed by atoms with Crippen LogP contribution in [0, 0.1) is 0 Å².